The highest BCUT2D eigenvalue weighted by Gasteiger charge is 2.39. The molecule has 80 valence electrons. The Balaban J connectivity index is 2.52. The number of rotatable bonds is 4. The Kier molecular flexibility index (Phi) is 3.46. The van der Waals surface area contributed by atoms with Crippen LogP contribution in [-0.2, 0) is 4.79 Å². The lowest BCUT2D eigenvalue weighted by molar-refractivity contribution is -0.127. The third-order valence-electron chi connectivity index (χ3n) is 2.51. The largest absolute Gasteiger partial charge is 0.327 e. The summed E-state index contributed by atoms with van der Waals surface area (Å²) in [6.07, 6.45) is 0.869. The van der Waals surface area contributed by atoms with E-state index in [9.17, 15) is 9.59 Å². The molecule has 0 radical (unpaired) electrons. The molecule has 1 N–H and O–H groups in total. The standard InChI is InChI=1S/C9H17N3O2/c1-7-8(13)11(3)9(14)12(7)6-4-5-10-2/h7,10H,4-6H2,1-3H3. The second-order valence-corrected chi connectivity index (χ2v) is 3.51. The fraction of sp³-hybridized carbons (Fsp3) is 0.778. The molecule has 0 aromatic carbocycles. The van der Waals surface area contributed by atoms with Gasteiger partial charge in [-0.25, -0.2) is 4.79 Å². The number of carbonyl (C=O) groups excluding carboxylic acids is 2. The van der Waals surface area contributed by atoms with E-state index in [-0.39, 0.29) is 18.0 Å². The average molecular weight is 199 g/mol. The first-order valence-corrected chi connectivity index (χ1v) is 4.82. The minimum atomic E-state index is -0.302. The highest BCUT2D eigenvalue weighted by atomic mass is 16.2. The zero-order valence-corrected chi connectivity index (χ0v) is 8.91. The van der Waals surface area contributed by atoms with Gasteiger partial charge in [0.25, 0.3) is 5.91 Å². The number of hydrogen-bond donors (Lipinski definition) is 1. The molecule has 0 aromatic rings. The van der Waals surface area contributed by atoms with Gasteiger partial charge in [0.2, 0.25) is 0 Å². The van der Waals surface area contributed by atoms with E-state index < -0.39 is 0 Å². The van der Waals surface area contributed by atoms with Gasteiger partial charge in [-0.15, -0.1) is 0 Å². The van der Waals surface area contributed by atoms with Crippen molar-refractivity contribution >= 4 is 11.9 Å². The van der Waals surface area contributed by atoms with Gasteiger partial charge >= 0.3 is 6.03 Å². The summed E-state index contributed by atoms with van der Waals surface area (Å²) in [4.78, 5) is 25.7. The summed E-state index contributed by atoms with van der Waals surface area (Å²) >= 11 is 0. The van der Waals surface area contributed by atoms with Crippen LogP contribution in [0.3, 0.4) is 0 Å². The van der Waals surface area contributed by atoms with Crippen LogP contribution in [0.2, 0.25) is 0 Å². The van der Waals surface area contributed by atoms with Crippen molar-refractivity contribution in [2.45, 2.75) is 19.4 Å². The lowest BCUT2D eigenvalue weighted by atomic mass is 10.3. The molecule has 1 aliphatic rings. The van der Waals surface area contributed by atoms with Crippen molar-refractivity contribution in [2.24, 2.45) is 0 Å². The van der Waals surface area contributed by atoms with E-state index in [4.69, 9.17) is 0 Å². The second-order valence-electron chi connectivity index (χ2n) is 3.51. The summed E-state index contributed by atoms with van der Waals surface area (Å²) in [5.74, 6) is -0.112. The molecule has 0 aliphatic carbocycles. The predicted octanol–water partition coefficient (Wildman–Crippen LogP) is -0.122. The third-order valence-corrected chi connectivity index (χ3v) is 2.51. The number of hydrogen-bond acceptors (Lipinski definition) is 3. The fourth-order valence-corrected chi connectivity index (χ4v) is 1.58. The van der Waals surface area contributed by atoms with Gasteiger partial charge in [-0.1, -0.05) is 0 Å². The lowest BCUT2D eigenvalue weighted by Gasteiger charge is -2.18. The normalized spacial score (nSPS) is 22.4. The number of imide groups is 1. The SMILES string of the molecule is CNCCCN1C(=O)N(C)C(=O)C1C. The van der Waals surface area contributed by atoms with E-state index in [1.165, 1.54) is 11.9 Å². The molecule has 1 fully saturated rings. The summed E-state index contributed by atoms with van der Waals surface area (Å²) in [7, 11) is 3.39. The molecule has 1 saturated heterocycles. The smallest absolute Gasteiger partial charge is 0.320 e. The minimum absolute atomic E-state index is 0.112. The third kappa shape index (κ3) is 1.87. The Labute approximate surface area is 84.0 Å². The molecule has 0 saturated carbocycles. The van der Waals surface area contributed by atoms with Crippen LogP contribution in [0.15, 0.2) is 0 Å². The summed E-state index contributed by atoms with van der Waals surface area (Å²) in [5.41, 5.74) is 0. The van der Waals surface area contributed by atoms with Crippen molar-refractivity contribution in [1.82, 2.24) is 15.1 Å². The van der Waals surface area contributed by atoms with Crippen LogP contribution in [0.25, 0.3) is 0 Å². The topological polar surface area (TPSA) is 52.7 Å². The maximum Gasteiger partial charge on any atom is 0.327 e. The van der Waals surface area contributed by atoms with Crippen LogP contribution < -0.4 is 5.32 Å². The van der Waals surface area contributed by atoms with Crippen LogP contribution in [0, 0.1) is 0 Å². The van der Waals surface area contributed by atoms with E-state index in [2.05, 4.69) is 5.32 Å². The van der Waals surface area contributed by atoms with Crippen molar-refractivity contribution in [1.29, 1.82) is 0 Å². The first-order chi connectivity index (χ1) is 6.59. The zero-order chi connectivity index (χ0) is 10.7. The lowest BCUT2D eigenvalue weighted by Crippen LogP contribution is -2.35. The number of nitrogens with one attached hydrogen (secondary N) is 1. The minimum Gasteiger partial charge on any atom is -0.320 e. The van der Waals surface area contributed by atoms with Crippen LogP contribution in [0.4, 0.5) is 4.79 Å². The molecule has 1 heterocycles. The molecule has 0 aromatic heterocycles. The van der Waals surface area contributed by atoms with E-state index >= 15 is 0 Å². The summed E-state index contributed by atoms with van der Waals surface area (Å²) < 4.78 is 0. The van der Waals surface area contributed by atoms with Crippen molar-refractivity contribution < 1.29 is 9.59 Å². The molecular formula is C9H17N3O2. The molecule has 0 spiro atoms. The highest BCUT2D eigenvalue weighted by Crippen LogP contribution is 2.15. The maximum absolute atomic E-state index is 11.5. The second kappa shape index (κ2) is 4.41. The zero-order valence-electron chi connectivity index (χ0n) is 8.91. The highest BCUT2D eigenvalue weighted by molar-refractivity contribution is 6.03. The Hall–Kier alpha value is -1.10. The molecule has 1 aliphatic heterocycles. The van der Waals surface area contributed by atoms with Gasteiger partial charge in [-0.2, -0.15) is 0 Å². The number of likely N-dealkylation sites (N-methyl/N-ethyl adjacent to an activating group) is 1. The van der Waals surface area contributed by atoms with Gasteiger partial charge in [0.1, 0.15) is 6.04 Å². The summed E-state index contributed by atoms with van der Waals surface area (Å²) in [6, 6.07) is -0.483. The Morgan fingerprint density at radius 1 is 1.43 bits per heavy atom. The van der Waals surface area contributed by atoms with Crippen LogP contribution in [0.5, 0.6) is 0 Å². The maximum atomic E-state index is 11.5. The van der Waals surface area contributed by atoms with E-state index in [1.54, 1.807) is 11.8 Å². The molecule has 1 unspecified atom stereocenters. The van der Waals surface area contributed by atoms with Gasteiger partial charge in [0.05, 0.1) is 0 Å². The molecular weight excluding hydrogens is 182 g/mol. The summed E-state index contributed by atoms with van der Waals surface area (Å²) in [5, 5.41) is 3.01. The number of amides is 3. The van der Waals surface area contributed by atoms with Crippen LogP contribution in [-0.4, -0.2) is 55.0 Å². The van der Waals surface area contributed by atoms with Gasteiger partial charge in [-0.3, -0.25) is 9.69 Å². The van der Waals surface area contributed by atoms with E-state index in [0.717, 1.165) is 13.0 Å². The number of nitrogens with zero attached hydrogens (tertiary/aromatic N) is 2. The average Bonchev–Trinajstić information content (AvgIpc) is 2.35. The van der Waals surface area contributed by atoms with E-state index in [0.29, 0.717) is 6.54 Å². The van der Waals surface area contributed by atoms with Gasteiger partial charge in [0, 0.05) is 13.6 Å². The number of urea groups is 1. The first-order valence-electron chi connectivity index (χ1n) is 4.82. The van der Waals surface area contributed by atoms with Gasteiger partial charge in [0.15, 0.2) is 0 Å². The first kappa shape index (κ1) is 11.0. The predicted molar refractivity (Wildman–Crippen MR) is 52.9 cm³/mol. The molecule has 5 nitrogen and oxygen atoms in total. The van der Waals surface area contributed by atoms with Crippen molar-refractivity contribution in [3.8, 4) is 0 Å². The molecule has 14 heavy (non-hydrogen) atoms. The summed E-state index contributed by atoms with van der Waals surface area (Å²) in [6.45, 7) is 3.26. The van der Waals surface area contributed by atoms with Crippen molar-refractivity contribution in [2.75, 3.05) is 27.2 Å². The quantitative estimate of drug-likeness (QED) is 0.507. The van der Waals surface area contributed by atoms with Crippen molar-refractivity contribution in [3.05, 3.63) is 0 Å². The monoisotopic (exact) mass is 199 g/mol. The fourth-order valence-electron chi connectivity index (χ4n) is 1.58. The van der Waals surface area contributed by atoms with Crippen molar-refractivity contribution in [3.63, 3.8) is 0 Å². The molecule has 5 heteroatoms. The van der Waals surface area contributed by atoms with E-state index in [1.807, 2.05) is 7.05 Å². The number of carbonyl (C=O) groups is 2. The Bertz CT molecular complexity index is 242. The Morgan fingerprint density at radius 3 is 2.50 bits per heavy atom. The van der Waals surface area contributed by atoms with Crippen LogP contribution >= 0.6 is 0 Å². The Morgan fingerprint density at radius 2 is 2.07 bits per heavy atom. The molecule has 1 atom stereocenters. The molecule has 3 amide bonds. The van der Waals surface area contributed by atoms with Gasteiger partial charge in [-0.05, 0) is 26.9 Å². The molecule has 0 bridgehead atoms. The van der Waals surface area contributed by atoms with Crippen LogP contribution in [0.1, 0.15) is 13.3 Å². The molecule has 1 rings (SSSR count). The van der Waals surface area contributed by atoms with Gasteiger partial charge < -0.3 is 10.2 Å².